The van der Waals surface area contributed by atoms with Crippen LogP contribution in [0.3, 0.4) is 0 Å². The molecule has 0 fully saturated rings. The Kier molecular flexibility index (Phi) is 9.16. The smallest absolute Gasteiger partial charge is 0.161 e. The zero-order valence-electron chi connectivity index (χ0n) is 16.7. The van der Waals surface area contributed by atoms with Gasteiger partial charge in [-0.25, -0.2) is 0 Å². The minimum absolute atomic E-state index is 0.737. The fourth-order valence-corrected chi connectivity index (χ4v) is 3.03. The molecule has 0 radical (unpaired) electrons. The topological polar surface area (TPSA) is 27.7 Å². The lowest BCUT2D eigenvalue weighted by Crippen LogP contribution is -2.00. The molecule has 144 valence electrons. The number of ether oxygens (including phenoxy) is 3. The van der Waals surface area contributed by atoms with E-state index < -0.39 is 0 Å². The third-order valence-electron chi connectivity index (χ3n) is 4.62. The van der Waals surface area contributed by atoms with Crippen LogP contribution in [0.5, 0.6) is 17.2 Å². The van der Waals surface area contributed by atoms with Gasteiger partial charge in [0.1, 0.15) is 5.75 Å². The molecule has 26 heavy (non-hydrogen) atoms. The van der Waals surface area contributed by atoms with Crippen LogP contribution in [0.25, 0.3) is 10.8 Å². The highest BCUT2D eigenvalue weighted by Crippen LogP contribution is 2.34. The summed E-state index contributed by atoms with van der Waals surface area (Å²) in [5.41, 5.74) is 0. The zero-order valence-corrected chi connectivity index (χ0v) is 16.7. The maximum atomic E-state index is 5.96. The molecular weight excluding hydrogens is 324 g/mol. The van der Waals surface area contributed by atoms with E-state index in [9.17, 15) is 0 Å². The van der Waals surface area contributed by atoms with E-state index in [2.05, 4.69) is 32.0 Å². The monoisotopic (exact) mass is 358 g/mol. The minimum atomic E-state index is 0.737. The molecule has 0 aromatic heterocycles. The van der Waals surface area contributed by atoms with Crippen molar-refractivity contribution in [1.82, 2.24) is 0 Å². The third kappa shape index (κ3) is 6.44. The second-order valence-corrected chi connectivity index (χ2v) is 6.83. The molecule has 3 heteroatoms. The molecule has 2 rings (SSSR count). The van der Waals surface area contributed by atoms with Crippen molar-refractivity contribution in [2.45, 2.75) is 65.2 Å². The van der Waals surface area contributed by atoms with Crippen LogP contribution < -0.4 is 14.2 Å². The molecule has 0 N–H and O–H groups in total. The van der Waals surface area contributed by atoms with Gasteiger partial charge in [0.2, 0.25) is 0 Å². The van der Waals surface area contributed by atoms with Gasteiger partial charge >= 0.3 is 0 Å². The summed E-state index contributed by atoms with van der Waals surface area (Å²) in [4.78, 5) is 0. The van der Waals surface area contributed by atoms with Crippen molar-refractivity contribution in [2.24, 2.45) is 0 Å². The normalized spacial score (nSPS) is 10.9. The quantitative estimate of drug-likeness (QED) is 0.370. The van der Waals surface area contributed by atoms with Crippen molar-refractivity contribution < 1.29 is 14.2 Å². The summed E-state index contributed by atoms with van der Waals surface area (Å²) in [5, 5.41) is 2.26. The fourth-order valence-electron chi connectivity index (χ4n) is 3.03. The molecule has 0 aliphatic carbocycles. The fraction of sp³-hybridized carbons (Fsp3) is 0.565. The lowest BCUT2D eigenvalue weighted by atomic mass is 10.1. The standard InChI is InChI=1S/C23H34O3/c1-4-6-8-10-14-25-21-13-12-19-17-23(26-15-11-9-7-5-2)22(24-3)18-20(19)16-21/h12-13,16-18H,4-11,14-15H2,1-3H3. The molecule has 0 saturated carbocycles. The van der Waals surface area contributed by atoms with Gasteiger partial charge in [0.25, 0.3) is 0 Å². The summed E-state index contributed by atoms with van der Waals surface area (Å²) in [6.45, 7) is 5.96. The average molecular weight is 359 g/mol. The first-order valence-electron chi connectivity index (χ1n) is 10.2. The van der Waals surface area contributed by atoms with Crippen LogP contribution in [-0.2, 0) is 0 Å². The van der Waals surface area contributed by atoms with Crippen molar-refractivity contribution in [3.63, 3.8) is 0 Å². The molecule has 0 heterocycles. The summed E-state index contributed by atoms with van der Waals surface area (Å²) in [7, 11) is 1.69. The lowest BCUT2D eigenvalue weighted by molar-refractivity contribution is 0.285. The largest absolute Gasteiger partial charge is 0.494 e. The predicted molar refractivity (Wildman–Crippen MR) is 110 cm³/mol. The Labute approximate surface area is 158 Å². The number of hydrogen-bond donors (Lipinski definition) is 0. The molecule has 3 nitrogen and oxygen atoms in total. The highest BCUT2D eigenvalue weighted by Gasteiger charge is 2.08. The van der Waals surface area contributed by atoms with Crippen LogP contribution in [0.4, 0.5) is 0 Å². The van der Waals surface area contributed by atoms with Gasteiger partial charge in [-0.2, -0.15) is 0 Å². The van der Waals surface area contributed by atoms with Crippen LogP contribution in [0.1, 0.15) is 65.2 Å². The highest BCUT2D eigenvalue weighted by molar-refractivity contribution is 5.87. The second kappa shape index (κ2) is 11.7. The number of fused-ring (bicyclic) bond motifs is 1. The summed E-state index contributed by atoms with van der Waals surface area (Å²) in [5.74, 6) is 2.53. The first kappa shape index (κ1) is 20.4. The average Bonchev–Trinajstić information content (AvgIpc) is 2.67. The molecule has 0 atom stereocenters. The van der Waals surface area contributed by atoms with Crippen molar-refractivity contribution >= 4 is 10.8 Å². The number of hydrogen-bond acceptors (Lipinski definition) is 3. The van der Waals surface area contributed by atoms with Gasteiger partial charge in [0, 0.05) is 0 Å². The van der Waals surface area contributed by atoms with Gasteiger partial charge in [0.15, 0.2) is 11.5 Å². The summed E-state index contributed by atoms with van der Waals surface area (Å²) < 4.78 is 17.4. The van der Waals surface area contributed by atoms with E-state index >= 15 is 0 Å². The van der Waals surface area contributed by atoms with Crippen LogP contribution in [0.2, 0.25) is 0 Å². The highest BCUT2D eigenvalue weighted by atomic mass is 16.5. The van der Waals surface area contributed by atoms with E-state index in [0.29, 0.717) is 0 Å². The van der Waals surface area contributed by atoms with E-state index in [-0.39, 0.29) is 0 Å². The van der Waals surface area contributed by atoms with Crippen LogP contribution in [-0.4, -0.2) is 20.3 Å². The van der Waals surface area contributed by atoms with Gasteiger partial charge in [-0.1, -0.05) is 58.4 Å². The SMILES string of the molecule is CCCCCCOc1ccc2cc(OCCCCCC)c(OC)cc2c1. The van der Waals surface area contributed by atoms with Crippen molar-refractivity contribution in [2.75, 3.05) is 20.3 Å². The third-order valence-corrected chi connectivity index (χ3v) is 4.62. The van der Waals surface area contributed by atoms with Gasteiger partial charge in [0.05, 0.1) is 20.3 Å². The molecular formula is C23H34O3. The molecule has 2 aromatic rings. The predicted octanol–water partition coefficient (Wildman–Crippen LogP) is 6.77. The Morgan fingerprint density at radius 2 is 1.31 bits per heavy atom. The van der Waals surface area contributed by atoms with E-state index in [1.165, 1.54) is 38.5 Å². The minimum Gasteiger partial charge on any atom is -0.494 e. The molecule has 0 spiro atoms. The van der Waals surface area contributed by atoms with Crippen LogP contribution in [0, 0.1) is 0 Å². The number of benzene rings is 2. The van der Waals surface area contributed by atoms with E-state index in [1.807, 2.05) is 12.1 Å². The van der Waals surface area contributed by atoms with E-state index in [0.717, 1.165) is 54.1 Å². The molecule has 0 saturated heterocycles. The maximum Gasteiger partial charge on any atom is 0.161 e. The summed E-state index contributed by atoms with van der Waals surface area (Å²) in [6, 6.07) is 10.3. The summed E-state index contributed by atoms with van der Waals surface area (Å²) >= 11 is 0. The zero-order chi connectivity index (χ0) is 18.6. The van der Waals surface area contributed by atoms with Crippen molar-refractivity contribution in [3.8, 4) is 17.2 Å². The van der Waals surface area contributed by atoms with Gasteiger partial charge < -0.3 is 14.2 Å². The number of rotatable bonds is 13. The lowest BCUT2D eigenvalue weighted by Gasteiger charge is -2.13. The molecule has 0 unspecified atom stereocenters. The molecule has 0 bridgehead atoms. The maximum absolute atomic E-state index is 5.96. The summed E-state index contributed by atoms with van der Waals surface area (Å²) in [6.07, 6.45) is 9.67. The Hall–Kier alpha value is -1.90. The molecule has 0 aliphatic heterocycles. The Morgan fingerprint density at radius 1 is 0.654 bits per heavy atom. The molecule has 0 aliphatic rings. The van der Waals surface area contributed by atoms with Crippen LogP contribution in [0.15, 0.2) is 30.3 Å². The Bertz CT molecular complexity index is 651. The van der Waals surface area contributed by atoms with Gasteiger partial charge in [-0.15, -0.1) is 0 Å². The Morgan fingerprint density at radius 3 is 1.96 bits per heavy atom. The first-order valence-corrected chi connectivity index (χ1v) is 10.2. The molecule has 0 amide bonds. The van der Waals surface area contributed by atoms with E-state index in [1.54, 1.807) is 7.11 Å². The second-order valence-electron chi connectivity index (χ2n) is 6.83. The molecule has 2 aromatic carbocycles. The van der Waals surface area contributed by atoms with Crippen molar-refractivity contribution in [1.29, 1.82) is 0 Å². The number of methoxy groups -OCH3 is 1. The van der Waals surface area contributed by atoms with Gasteiger partial charge in [-0.3, -0.25) is 0 Å². The van der Waals surface area contributed by atoms with Crippen molar-refractivity contribution in [3.05, 3.63) is 30.3 Å². The van der Waals surface area contributed by atoms with Crippen LogP contribution >= 0.6 is 0 Å². The number of unbranched alkanes of at least 4 members (excludes halogenated alkanes) is 6. The first-order chi connectivity index (χ1) is 12.8. The Balaban J connectivity index is 1.99. The van der Waals surface area contributed by atoms with Gasteiger partial charge in [-0.05, 0) is 47.9 Å². The van der Waals surface area contributed by atoms with E-state index in [4.69, 9.17) is 14.2 Å².